The number of nitrogens with zero attached hydrogens (tertiary/aromatic N) is 3. The van der Waals surface area contributed by atoms with Gasteiger partial charge in [-0.05, 0) is 19.9 Å². The van der Waals surface area contributed by atoms with Crippen LogP contribution in [0.3, 0.4) is 0 Å². The predicted molar refractivity (Wildman–Crippen MR) is 115 cm³/mol. The van der Waals surface area contributed by atoms with Crippen molar-refractivity contribution >= 4 is 46.4 Å². The van der Waals surface area contributed by atoms with Crippen LogP contribution >= 0.6 is 35.3 Å². The lowest BCUT2D eigenvalue weighted by Crippen LogP contribution is -2.39. The summed E-state index contributed by atoms with van der Waals surface area (Å²) in [6.45, 7) is 4.84. The Morgan fingerprint density at radius 1 is 1.35 bits per heavy atom. The van der Waals surface area contributed by atoms with Crippen molar-refractivity contribution in [3.05, 3.63) is 46.5 Å². The van der Waals surface area contributed by atoms with Gasteiger partial charge in [-0.3, -0.25) is 0 Å². The molecule has 1 aromatic heterocycles. The molecule has 1 atom stereocenters. The van der Waals surface area contributed by atoms with E-state index in [2.05, 4.69) is 20.6 Å². The maximum absolute atomic E-state index is 13.9. The number of nitrogens with one attached hydrogen (secondary N) is 2. The average Bonchev–Trinajstić information content (AvgIpc) is 3.02. The molecule has 0 saturated heterocycles. The summed E-state index contributed by atoms with van der Waals surface area (Å²) < 4.78 is 27.0. The fraction of sp³-hybridized carbons (Fsp3) is 0.412. The molecule has 0 radical (unpaired) electrons. The van der Waals surface area contributed by atoms with Crippen molar-refractivity contribution in [2.75, 3.05) is 25.5 Å². The lowest BCUT2D eigenvalue weighted by molar-refractivity contribution is 0.551. The Morgan fingerprint density at radius 3 is 2.65 bits per heavy atom. The van der Waals surface area contributed by atoms with E-state index in [-0.39, 0.29) is 30.0 Å². The second-order valence-corrected chi connectivity index (χ2v) is 6.58. The maximum Gasteiger partial charge on any atom is 0.192 e. The highest BCUT2D eigenvalue weighted by Gasteiger charge is 2.13. The van der Waals surface area contributed by atoms with E-state index < -0.39 is 11.6 Å². The van der Waals surface area contributed by atoms with Crippen molar-refractivity contribution in [3.63, 3.8) is 0 Å². The Morgan fingerprint density at radius 2 is 2.08 bits per heavy atom. The SMILES string of the molecule is CCNC(=NCc1csc(N(C)C)n1)NC(C)c1ccc(F)cc1F.I. The summed E-state index contributed by atoms with van der Waals surface area (Å²) >= 11 is 1.56. The number of aliphatic imine (C=N–C) groups is 1. The predicted octanol–water partition coefficient (Wildman–Crippen LogP) is 3.92. The summed E-state index contributed by atoms with van der Waals surface area (Å²) in [6.07, 6.45) is 0. The van der Waals surface area contributed by atoms with Gasteiger partial charge in [-0.15, -0.1) is 35.3 Å². The zero-order valence-electron chi connectivity index (χ0n) is 15.2. The van der Waals surface area contributed by atoms with Gasteiger partial charge < -0.3 is 15.5 Å². The maximum atomic E-state index is 13.9. The lowest BCUT2D eigenvalue weighted by atomic mass is 10.1. The van der Waals surface area contributed by atoms with Gasteiger partial charge in [-0.1, -0.05) is 6.07 Å². The van der Waals surface area contributed by atoms with E-state index >= 15 is 0 Å². The third-order valence-corrected chi connectivity index (χ3v) is 4.50. The number of halogens is 3. The zero-order valence-corrected chi connectivity index (χ0v) is 18.4. The Labute approximate surface area is 173 Å². The van der Waals surface area contributed by atoms with Gasteiger partial charge in [0.15, 0.2) is 11.1 Å². The van der Waals surface area contributed by atoms with Gasteiger partial charge in [0.2, 0.25) is 0 Å². The molecule has 1 heterocycles. The first-order valence-corrected chi connectivity index (χ1v) is 8.90. The van der Waals surface area contributed by atoms with Gasteiger partial charge in [0.05, 0.1) is 18.3 Å². The number of hydrogen-bond donors (Lipinski definition) is 2. The van der Waals surface area contributed by atoms with Gasteiger partial charge >= 0.3 is 0 Å². The molecule has 0 fully saturated rings. The molecule has 2 N–H and O–H groups in total. The van der Waals surface area contributed by atoms with Crippen LogP contribution in [0.5, 0.6) is 0 Å². The van der Waals surface area contributed by atoms with Gasteiger partial charge in [0, 0.05) is 37.6 Å². The monoisotopic (exact) mass is 495 g/mol. The molecule has 0 aliphatic rings. The second kappa shape index (κ2) is 10.6. The van der Waals surface area contributed by atoms with Crippen LogP contribution in [0.1, 0.15) is 31.1 Å². The van der Waals surface area contributed by atoms with Crippen molar-refractivity contribution in [3.8, 4) is 0 Å². The smallest absolute Gasteiger partial charge is 0.192 e. The number of anilines is 1. The molecule has 26 heavy (non-hydrogen) atoms. The second-order valence-electron chi connectivity index (χ2n) is 5.74. The van der Waals surface area contributed by atoms with E-state index in [1.54, 1.807) is 18.3 Å². The highest BCUT2D eigenvalue weighted by Crippen LogP contribution is 2.19. The third-order valence-electron chi connectivity index (χ3n) is 3.45. The lowest BCUT2D eigenvalue weighted by Gasteiger charge is -2.18. The molecule has 2 aromatic rings. The van der Waals surface area contributed by atoms with E-state index in [9.17, 15) is 8.78 Å². The minimum absolute atomic E-state index is 0. The van der Waals surface area contributed by atoms with Crippen LogP contribution in [-0.4, -0.2) is 31.6 Å². The van der Waals surface area contributed by atoms with E-state index in [1.165, 1.54) is 12.1 Å². The fourth-order valence-corrected chi connectivity index (χ4v) is 2.94. The topological polar surface area (TPSA) is 52.6 Å². The average molecular weight is 495 g/mol. The molecule has 0 aliphatic carbocycles. The Bertz CT molecular complexity index is 736. The highest BCUT2D eigenvalue weighted by atomic mass is 127. The highest BCUT2D eigenvalue weighted by molar-refractivity contribution is 14.0. The molecule has 144 valence electrons. The van der Waals surface area contributed by atoms with Crippen LogP contribution in [0, 0.1) is 11.6 Å². The van der Waals surface area contributed by atoms with Crippen LogP contribution in [0.2, 0.25) is 0 Å². The fourth-order valence-electron chi connectivity index (χ4n) is 2.19. The molecule has 0 bridgehead atoms. The third kappa shape index (κ3) is 6.35. The molecule has 9 heteroatoms. The van der Waals surface area contributed by atoms with Gasteiger partial charge in [-0.25, -0.2) is 18.8 Å². The van der Waals surface area contributed by atoms with Crippen molar-refractivity contribution in [1.29, 1.82) is 0 Å². The number of benzene rings is 1. The number of hydrogen-bond acceptors (Lipinski definition) is 4. The molecule has 2 rings (SSSR count). The summed E-state index contributed by atoms with van der Waals surface area (Å²) in [4.78, 5) is 10.9. The number of rotatable bonds is 6. The molecule has 5 nitrogen and oxygen atoms in total. The summed E-state index contributed by atoms with van der Waals surface area (Å²) in [5.41, 5.74) is 1.25. The minimum Gasteiger partial charge on any atom is -0.357 e. The van der Waals surface area contributed by atoms with E-state index in [1.807, 2.05) is 31.3 Å². The van der Waals surface area contributed by atoms with Crippen molar-refractivity contribution in [1.82, 2.24) is 15.6 Å². The Hall–Kier alpha value is -1.49. The summed E-state index contributed by atoms with van der Waals surface area (Å²) in [6, 6.07) is 3.22. The first-order valence-electron chi connectivity index (χ1n) is 8.02. The van der Waals surface area contributed by atoms with Crippen LogP contribution in [0.4, 0.5) is 13.9 Å². The Balaban J connectivity index is 0.00000338. The number of aromatic nitrogens is 1. The number of guanidine groups is 1. The van der Waals surface area contributed by atoms with Crippen LogP contribution in [0.25, 0.3) is 0 Å². The van der Waals surface area contributed by atoms with E-state index in [4.69, 9.17) is 0 Å². The first kappa shape index (κ1) is 22.6. The molecule has 0 spiro atoms. The quantitative estimate of drug-likeness (QED) is 0.363. The minimum atomic E-state index is -0.589. The summed E-state index contributed by atoms with van der Waals surface area (Å²) in [5, 5.41) is 9.14. The molecule has 0 amide bonds. The summed E-state index contributed by atoms with van der Waals surface area (Å²) in [5.74, 6) is -0.613. The Kier molecular flexibility index (Phi) is 9.20. The van der Waals surface area contributed by atoms with E-state index in [0.29, 0.717) is 24.6 Å². The van der Waals surface area contributed by atoms with Crippen molar-refractivity contribution in [2.24, 2.45) is 4.99 Å². The normalized spacial score (nSPS) is 12.3. The molecular weight excluding hydrogens is 471 g/mol. The number of thiazole rings is 1. The van der Waals surface area contributed by atoms with Gasteiger partial charge in [0.1, 0.15) is 11.6 Å². The largest absolute Gasteiger partial charge is 0.357 e. The van der Waals surface area contributed by atoms with Crippen LogP contribution < -0.4 is 15.5 Å². The summed E-state index contributed by atoms with van der Waals surface area (Å²) in [7, 11) is 3.88. The zero-order chi connectivity index (χ0) is 18.4. The van der Waals surface area contributed by atoms with Crippen molar-refractivity contribution < 1.29 is 8.78 Å². The molecule has 1 unspecified atom stereocenters. The molecular formula is C17H24F2IN5S. The standard InChI is InChI=1S/C17H23F2N5S.HI/c1-5-20-16(21-9-13-10-25-17(23-13)24(3)4)22-11(2)14-7-6-12(18)8-15(14)19;/h6-8,10-11H,5,9H2,1-4H3,(H2,20,21,22);1H. The molecule has 1 aromatic carbocycles. The van der Waals surface area contributed by atoms with Crippen molar-refractivity contribution in [2.45, 2.75) is 26.4 Å². The molecule has 0 aliphatic heterocycles. The van der Waals surface area contributed by atoms with Gasteiger partial charge in [0.25, 0.3) is 0 Å². The van der Waals surface area contributed by atoms with Crippen LogP contribution in [0.15, 0.2) is 28.6 Å². The van der Waals surface area contributed by atoms with E-state index in [0.717, 1.165) is 16.9 Å². The van der Waals surface area contributed by atoms with Gasteiger partial charge in [-0.2, -0.15) is 0 Å². The molecule has 0 saturated carbocycles. The first-order chi connectivity index (χ1) is 11.9. The van der Waals surface area contributed by atoms with Crippen LogP contribution in [-0.2, 0) is 6.54 Å².